The van der Waals surface area contributed by atoms with Crippen LogP contribution in [-0.4, -0.2) is 49.9 Å². The fraction of sp³-hybridized carbons (Fsp3) is 0.280. The van der Waals surface area contributed by atoms with Crippen LogP contribution in [-0.2, 0) is 16.6 Å². The molecule has 2 amide bonds. The highest BCUT2D eigenvalue weighted by Gasteiger charge is 2.28. The van der Waals surface area contributed by atoms with Gasteiger partial charge in [0.15, 0.2) is 0 Å². The summed E-state index contributed by atoms with van der Waals surface area (Å²) in [5.74, 6) is 0. The van der Waals surface area contributed by atoms with Crippen LogP contribution < -0.4 is 15.5 Å². The summed E-state index contributed by atoms with van der Waals surface area (Å²) in [5.41, 5.74) is 4.93. The van der Waals surface area contributed by atoms with Gasteiger partial charge in [0.25, 0.3) is 0 Å². The van der Waals surface area contributed by atoms with Crippen LogP contribution in [0.4, 0.5) is 16.2 Å². The Balaban J connectivity index is 1.33. The zero-order valence-electron chi connectivity index (χ0n) is 19.4. The van der Waals surface area contributed by atoms with Crippen molar-refractivity contribution in [1.82, 2.24) is 14.6 Å². The zero-order valence-corrected chi connectivity index (χ0v) is 20.2. The Kier molecular flexibility index (Phi) is 7.14. The van der Waals surface area contributed by atoms with Crippen LogP contribution in [0.15, 0.2) is 71.9 Å². The number of aromatic nitrogens is 1. The Bertz CT molecular complexity index is 1220. The van der Waals surface area contributed by atoms with E-state index < -0.39 is 10.0 Å². The third-order valence-corrected chi connectivity index (χ3v) is 7.65. The van der Waals surface area contributed by atoms with Crippen molar-refractivity contribution >= 4 is 27.4 Å². The van der Waals surface area contributed by atoms with Crippen LogP contribution in [0.2, 0.25) is 0 Å². The molecular formula is C25H29N5O3S. The van der Waals surface area contributed by atoms with Gasteiger partial charge < -0.3 is 15.5 Å². The number of carbonyl (C=O) groups is 1. The molecule has 1 aromatic heterocycles. The van der Waals surface area contributed by atoms with Crippen LogP contribution >= 0.6 is 0 Å². The topological polar surface area (TPSA) is 94.6 Å². The summed E-state index contributed by atoms with van der Waals surface area (Å²) in [4.78, 5) is 18.6. The smallest absolute Gasteiger partial charge is 0.319 e. The summed E-state index contributed by atoms with van der Waals surface area (Å²) in [6.45, 7) is 6.61. The second-order valence-corrected chi connectivity index (χ2v) is 10.4. The molecule has 0 saturated carbocycles. The summed E-state index contributed by atoms with van der Waals surface area (Å²) in [7, 11) is -3.60. The molecule has 0 bridgehead atoms. The molecule has 0 aliphatic carbocycles. The van der Waals surface area contributed by atoms with E-state index in [0.717, 1.165) is 11.3 Å². The summed E-state index contributed by atoms with van der Waals surface area (Å²) in [6.07, 6.45) is 3.35. The molecule has 1 aliphatic rings. The Morgan fingerprint density at radius 1 is 0.971 bits per heavy atom. The summed E-state index contributed by atoms with van der Waals surface area (Å²) in [6, 6.07) is 16.0. The van der Waals surface area contributed by atoms with E-state index in [0.29, 0.717) is 38.4 Å². The maximum absolute atomic E-state index is 13.1. The number of pyridine rings is 1. The van der Waals surface area contributed by atoms with Gasteiger partial charge in [-0.05, 0) is 73.0 Å². The third-order valence-electron chi connectivity index (χ3n) is 5.74. The van der Waals surface area contributed by atoms with E-state index in [1.807, 2.05) is 6.07 Å². The van der Waals surface area contributed by atoms with Crippen molar-refractivity contribution in [2.24, 2.45) is 0 Å². The number of urea groups is 1. The van der Waals surface area contributed by atoms with Crippen molar-refractivity contribution in [2.75, 3.05) is 36.4 Å². The van der Waals surface area contributed by atoms with Gasteiger partial charge >= 0.3 is 6.03 Å². The highest BCUT2D eigenvalue weighted by molar-refractivity contribution is 7.89. The average molecular weight is 480 g/mol. The SMILES string of the molecule is Cc1cc(C)cc(N2CCN(S(=O)(=O)c3ccc(NC(=O)NCc4cccnc4)cc3)CC2)c1. The van der Waals surface area contributed by atoms with Crippen molar-refractivity contribution in [1.29, 1.82) is 0 Å². The number of piperazine rings is 1. The number of hydrogen-bond donors (Lipinski definition) is 2. The van der Waals surface area contributed by atoms with Crippen molar-refractivity contribution in [2.45, 2.75) is 25.3 Å². The van der Waals surface area contributed by atoms with Gasteiger partial charge in [-0.3, -0.25) is 4.98 Å². The normalized spacial score (nSPS) is 14.6. The molecule has 2 N–H and O–H groups in total. The number of aryl methyl sites for hydroxylation is 2. The molecule has 34 heavy (non-hydrogen) atoms. The molecule has 1 aliphatic heterocycles. The molecule has 4 rings (SSSR count). The number of amides is 2. The monoisotopic (exact) mass is 479 g/mol. The number of nitrogens with zero attached hydrogens (tertiary/aromatic N) is 3. The van der Waals surface area contributed by atoms with Crippen molar-refractivity contribution in [3.05, 3.63) is 83.7 Å². The predicted octanol–water partition coefficient (Wildman–Crippen LogP) is 3.53. The minimum atomic E-state index is -3.60. The van der Waals surface area contributed by atoms with Crippen LogP contribution in [0.5, 0.6) is 0 Å². The maximum atomic E-state index is 13.1. The van der Waals surface area contributed by atoms with Gasteiger partial charge in [0, 0.05) is 56.5 Å². The van der Waals surface area contributed by atoms with Gasteiger partial charge in [-0.2, -0.15) is 4.31 Å². The minimum absolute atomic E-state index is 0.216. The lowest BCUT2D eigenvalue weighted by Crippen LogP contribution is -2.48. The van der Waals surface area contributed by atoms with Gasteiger partial charge in [-0.15, -0.1) is 0 Å². The van der Waals surface area contributed by atoms with Gasteiger partial charge in [0.1, 0.15) is 0 Å². The van der Waals surface area contributed by atoms with E-state index in [9.17, 15) is 13.2 Å². The molecule has 2 aromatic carbocycles. The maximum Gasteiger partial charge on any atom is 0.319 e. The molecule has 1 saturated heterocycles. The Labute approximate surface area is 200 Å². The second kappa shape index (κ2) is 10.2. The largest absolute Gasteiger partial charge is 0.369 e. The zero-order chi connectivity index (χ0) is 24.1. The summed E-state index contributed by atoms with van der Waals surface area (Å²) in [5, 5.41) is 5.47. The first-order valence-electron chi connectivity index (χ1n) is 11.2. The molecule has 0 radical (unpaired) electrons. The van der Waals surface area contributed by atoms with Crippen LogP contribution in [0.1, 0.15) is 16.7 Å². The van der Waals surface area contributed by atoms with E-state index in [1.54, 1.807) is 30.6 Å². The molecule has 8 nitrogen and oxygen atoms in total. The molecular weight excluding hydrogens is 450 g/mol. The minimum Gasteiger partial charge on any atom is -0.369 e. The summed E-state index contributed by atoms with van der Waals surface area (Å²) >= 11 is 0. The van der Waals surface area contributed by atoms with E-state index in [2.05, 4.69) is 52.6 Å². The Morgan fingerprint density at radius 3 is 2.26 bits per heavy atom. The highest BCUT2D eigenvalue weighted by Crippen LogP contribution is 2.24. The molecule has 0 unspecified atom stereocenters. The van der Waals surface area contributed by atoms with Crippen LogP contribution in [0.25, 0.3) is 0 Å². The molecule has 0 spiro atoms. The number of anilines is 2. The number of nitrogens with one attached hydrogen (secondary N) is 2. The van der Waals surface area contributed by atoms with E-state index >= 15 is 0 Å². The Morgan fingerprint density at radius 2 is 1.65 bits per heavy atom. The Hall–Kier alpha value is -3.43. The number of carbonyl (C=O) groups excluding carboxylic acids is 1. The van der Waals surface area contributed by atoms with Crippen molar-refractivity contribution in [3.63, 3.8) is 0 Å². The van der Waals surface area contributed by atoms with Crippen LogP contribution in [0.3, 0.4) is 0 Å². The molecule has 3 aromatic rings. The third kappa shape index (κ3) is 5.73. The second-order valence-electron chi connectivity index (χ2n) is 8.43. The summed E-state index contributed by atoms with van der Waals surface area (Å²) < 4.78 is 27.8. The number of sulfonamides is 1. The lowest BCUT2D eigenvalue weighted by molar-refractivity contribution is 0.251. The number of hydrogen-bond acceptors (Lipinski definition) is 5. The standard InChI is InChI=1S/C25H29N5O3S/c1-19-14-20(2)16-23(15-19)29-10-12-30(13-11-29)34(32,33)24-7-5-22(6-8-24)28-25(31)27-18-21-4-3-9-26-17-21/h3-9,14-17H,10-13,18H2,1-2H3,(H2,27,28,31). The molecule has 178 valence electrons. The fourth-order valence-corrected chi connectivity index (χ4v) is 5.46. The van der Waals surface area contributed by atoms with E-state index in [-0.39, 0.29) is 10.9 Å². The first kappa shape index (κ1) is 23.7. The first-order valence-corrected chi connectivity index (χ1v) is 12.6. The van der Waals surface area contributed by atoms with E-state index in [4.69, 9.17) is 0 Å². The molecule has 0 atom stereocenters. The average Bonchev–Trinajstić information content (AvgIpc) is 2.83. The first-order chi connectivity index (χ1) is 16.3. The lowest BCUT2D eigenvalue weighted by Gasteiger charge is -2.35. The molecule has 1 fully saturated rings. The van der Waals surface area contributed by atoms with Gasteiger partial charge in [0.05, 0.1) is 4.90 Å². The predicted molar refractivity (Wildman–Crippen MR) is 133 cm³/mol. The molecule has 9 heteroatoms. The van der Waals surface area contributed by atoms with Gasteiger partial charge in [-0.25, -0.2) is 13.2 Å². The van der Waals surface area contributed by atoms with Crippen molar-refractivity contribution in [3.8, 4) is 0 Å². The van der Waals surface area contributed by atoms with E-state index in [1.165, 1.54) is 27.6 Å². The highest BCUT2D eigenvalue weighted by atomic mass is 32.2. The van der Waals surface area contributed by atoms with Crippen LogP contribution in [0, 0.1) is 13.8 Å². The molecule has 2 heterocycles. The number of benzene rings is 2. The lowest BCUT2D eigenvalue weighted by atomic mass is 10.1. The quantitative estimate of drug-likeness (QED) is 0.564. The fourth-order valence-electron chi connectivity index (χ4n) is 4.04. The number of rotatable bonds is 6. The van der Waals surface area contributed by atoms with Crippen molar-refractivity contribution < 1.29 is 13.2 Å². The van der Waals surface area contributed by atoms with Gasteiger partial charge in [0.2, 0.25) is 10.0 Å². The van der Waals surface area contributed by atoms with Gasteiger partial charge in [-0.1, -0.05) is 12.1 Å².